The quantitative estimate of drug-likeness (QED) is 0.625. The van der Waals surface area contributed by atoms with Crippen molar-refractivity contribution >= 4 is 23.0 Å². The maximum atomic E-state index is 5.63. The highest BCUT2D eigenvalue weighted by Crippen LogP contribution is 2.32. The lowest BCUT2D eigenvalue weighted by atomic mass is 9.91. The van der Waals surface area contributed by atoms with E-state index in [-0.39, 0.29) is 5.92 Å². The summed E-state index contributed by atoms with van der Waals surface area (Å²) in [7, 11) is 0. The Morgan fingerprint density at radius 1 is 0.821 bits per heavy atom. The lowest BCUT2D eigenvalue weighted by Gasteiger charge is -2.21. The average molecular weight is 391 g/mol. The van der Waals surface area contributed by atoms with Crippen LogP contribution in [0, 0.1) is 0 Å². The van der Waals surface area contributed by atoms with Gasteiger partial charge in [-0.1, -0.05) is 60.7 Å². The third-order valence-corrected chi connectivity index (χ3v) is 4.92. The summed E-state index contributed by atoms with van der Waals surface area (Å²) in [5.41, 5.74) is 3.38. The van der Waals surface area contributed by atoms with Crippen LogP contribution in [0.2, 0.25) is 0 Å². The molecule has 4 nitrogen and oxygen atoms in total. The van der Waals surface area contributed by atoms with Crippen LogP contribution in [-0.4, -0.2) is 24.9 Å². The maximum absolute atomic E-state index is 5.63. The molecule has 0 atom stereocenters. The minimum atomic E-state index is 0.211. The molecule has 0 saturated carbocycles. The Morgan fingerprint density at radius 3 is 2.07 bits per heavy atom. The van der Waals surface area contributed by atoms with Gasteiger partial charge in [-0.15, -0.1) is 0 Å². The molecule has 1 aliphatic rings. The van der Waals surface area contributed by atoms with E-state index >= 15 is 0 Å². The van der Waals surface area contributed by atoms with Crippen LogP contribution < -0.4 is 20.1 Å². The molecule has 142 valence electrons. The van der Waals surface area contributed by atoms with Crippen LogP contribution in [0.5, 0.6) is 11.5 Å². The average Bonchev–Trinajstić information content (AvgIpc) is 2.75. The first kappa shape index (κ1) is 18.3. The third kappa shape index (κ3) is 4.43. The van der Waals surface area contributed by atoms with Crippen LogP contribution in [0.25, 0.3) is 0 Å². The standard InChI is InChI=1S/C23H22N2O2S/c28-23(25-19-11-12-21-22(15-19)27-14-13-26-21)24-16-20(17-7-3-1-4-8-17)18-9-5-2-6-10-18/h1-12,15,20H,13-14,16H2,(H2,24,25,28). The van der Waals surface area contributed by atoms with Gasteiger partial charge >= 0.3 is 0 Å². The zero-order valence-electron chi connectivity index (χ0n) is 15.4. The van der Waals surface area contributed by atoms with Crippen molar-refractivity contribution in [2.75, 3.05) is 25.1 Å². The summed E-state index contributed by atoms with van der Waals surface area (Å²) in [6, 6.07) is 26.7. The molecule has 0 radical (unpaired) electrons. The summed E-state index contributed by atoms with van der Waals surface area (Å²) < 4.78 is 11.2. The monoisotopic (exact) mass is 390 g/mol. The highest BCUT2D eigenvalue weighted by molar-refractivity contribution is 7.80. The van der Waals surface area contributed by atoms with E-state index in [1.54, 1.807) is 0 Å². The van der Waals surface area contributed by atoms with E-state index in [9.17, 15) is 0 Å². The highest BCUT2D eigenvalue weighted by Gasteiger charge is 2.15. The Kier molecular flexibility index (Phi) is 5.73. The first-order valence-electron chi connectivity index (χ1n) is 9.34. The van der Waals surface area contributed by atoms with Gasteiger partial charge in [0.05, 0.1) is 0 Å². The Bertz CT molecular complexity index is 892. The van der Waals surface area contributed by atoms with E-state index < -0.39 is 0 Å². The van der Waals surface area contributed by atoms with Gasteiger partial charge in [0.2, 0.25) is 0 Å². The van der Waals surface area contributed by atoms with Crippen molar-refractivity contribution in [3.8, 4) is 11.5 Å². The maximum Gasteiger partial charge on any atom is 0.170 e. The number of fused-ring (bicyclic) bond motifs is 1. The predicted octanol–water partition coefficient (Wildman–Crippen LogP) is 4.58. The fraction of sp³-hybridized carbons (Fsp3) is 0.174. The molecule has 0 spiro atoms. The van der Waals surface area contributed by atoms with Gasteiger partial charge in [-0.2, -0.15) is 0 Å². The SMILES string of the molecule is S=C(NCC(c1ccccc1)c1ccccc1)Nc1ccc2c(c1)OCCO2. The second kappa shape index (κ2) is 8.76. The molecule has 0 aliphatic carbocycles. The molecule has 2 N–H and O–H groups in total. The molecule has 3 aromatic carbocycles. The molecule has 5 heteroatoms. The van der Waals surface area contributed by atoms with Gasteiger partial charge in [-0.25, -0.2) is 0 Å². The number of thiocarbonyl (C=S) groups is 1. The summed E-state index contributed by atoms with van der Waals surface area (Å²) in [4.78, 5) is 0. The van der Waals surface area contributed by atoms with Crippen molar-refractivity contribution in [2.45, 2.75) is 5.92 Å². The van der Waals surface area contributed by atoms with Crippen molar-refractivity contribution in [3.05, 3.63) is 90.0 Å². The van der Waals surface area contributed by atoms with E-state index in [0.29, 0.717) is 24.9 Å². The molecule has 1 heterocycles. The van der Waals surface area contributed by atoms with Gasteiger partial charge in [0, 0.05) is 24.2 Å². The van der Waals surface area contributed by atoms with Gasteiger partial charge in [0.15, 0.2) is 16.6 Å². The molecule has 0 aromatic heterocycles. The Balaban J connectivity index is 1.43. The molecule has 4 rings (SSSR count). The second-order valence-electron chi connectivity index (χ2n) is 6.57. The van der Waals surface area contributed by atoms with Crippen molar-refractivity contribution in [3.63, 3.8) is 0 Å². The molecule has 0 amide bonds. The Morgan fingerprint density at radius 2 is 1.43 bits per heavy atom. The van der Waals surface area contributed by atoms with Gasteiger partial charge in [-0.05, 0) is 35.5 Å². The zero-order chi connectivity index (χ0) is 19.2. The number of anilines is 1. The molecular formula is C23H22N2O2S. The van der Waals surface area contributed by atoms with E-state index in [4.69, 9.17) is 21.7 Å². The van der Waals surface area contributed by atoms with Crippen LogP contribution in [0.3, 0.4) is 0 Å². The van der Waals surface area contributed by atoms with Crippen molar-refractivity contribution in [1.29, 1.82) is 0 Å². The third-order valence-electron chi connectivity index (χ3n) is 4.67. The summed E-state index contributed by atoms with van der Waals surface area (Å²) in [6.07, 6.45) is 0. The molecule has 0 fully saturated rings. The molecule has 3 aromatic rings. The van der Waals surface area contributed by atoms with Gasteiger partial charge in [-0.3, -0.25) is 0 Å². The fourth-order valence-corrected chi connectivity index (χ4v) is 3.49. The number of hydrogen-bond acceptors (Lipinski definition) is 3. The van der Waals surface area contributed by atoms with Crippen molar-refractivity contribution < 1.29 is 9.47 Å². The van der Waals surface area contributed by atoms with Gasteiger partial charge in [0.1, 0.15) is 13.2 Å². The van der Waals surface area contributed by atoms with Crippen LogP contribution >= 0.6 is 12.2 Å². The largest absolute Gasteiger partial charge is 0.486 e. The van der Waals surface area contributed by atoms with Gasteiger partial charge in [0.25, 0.3) is 0 Å². The fourth-order valence-electron chi connectivity index (χ4n) is 3.29. The smallest absolute Gasteiger partial charge is 0.170 e. The number of benzene rings is 3. The number of rotatable bonds is 5. The summed E-state index contributed by atoms with van der Waals surface area (Å²) in [5.74, 6) is 1.72. The lowest BCUT2D eigenvalue weighted by molar-refractivity contribution is 0.171. The van der Waals surface area contributed by atoms with Crippen molar-refractivity contribution in [1.82, 2.24) is 5.32 Å². The molecule has 28 heavy (non-hydrogen) atoms. The summed E-state index contributed by atoms with van der Waals surface area (Å²) in [6.45, 7) is 1.85. The topological polar surface area (TPSA) is 42.5 Å². The Hall–Kier alpha value is -3.05. The minimum Gasteiger partial charge on any atom is -0.486 e. The highest BCUT2D eigenvalue weighted by atomic mass is 32.1. The summed E-state index contributed by atoms with van der Waals surface area (Å²) >= 11 is 5.51. The number of nitrogens with one attached hydrogen (secondary N) is 2. The first-order chi connectivity index (χ1) is 13.8. The van der Waals surface area contributed by atoms with Crippen molar-refractivity contribution in [2.24, 2.45) is 0 Å². The van der Waals surface area contributed by atoms with Crippen LogP contribution in [0.1, 0.15) is 17.0 Å². The number of hydrogen-bond donors (Lipinski definition) is 2. The van der Waals surface area contributed by atoms with E-state index in [0.717, 1.165) is 17.2 Å². The van der Waals surface area contributed by atoms with E-state index in [2.05, 4.69) is 59.2 Å². The Labute approximate surface area is 170 Å². The molecule has 0 saturated heterocycles. The molecule has 1 aliphatic heterocycles. The zero-order valence-corrected chi connectivity index (χ0v) is 16.2. The summed E-state index contributed by atoms with van der Waals surface area (Å²) in [5, 5.41) is 7.17. The lowest BCUT2D eigenvalue weighted by Crippen LogP contribution is -2.32. The number of ether oxygens (including phenoxy) is 2. The minimum absolute atomic E-state index is 0.211. The molecule has 0 bridgehead atoms. The predicted molar refractivity (Wildman–Crippen MR) is 116 cm³/mol. The normalized spacial score (nSPS) is 12.5. The molecule has 0 unspecified atom stereocenters. The van der Waals surface area contributed by atoms with Crippen LogP contribution in [0.4, 0.5) is 5.69 Å². The van der Waals surface area contributed by atoms with Crippen LogP contribution in [-0.2, 0) is 0 Å². The van der Waals surface area contributed by atoms with E-state index in [1.807, 2.05) is 30.3 Å². The van der Waals surface area contributed by atoms with E-state index in [1.165, 1.54) is 11.1 Å². The second-order valence-corrected chi connectivity index (χ2v) is 6.98. The first-order valence-corrected chi connectivity index (χ1v) is 9.75. The van der Waals surface area contributed by atoms with Crippen LogP contribution in [0.15, 0.2) is 78.9 Å². The molecular weight excluding hydrogens is 368 g/mol. The van der Waals surface area contributed by atoms with Gasteiger partial charge < -0.3 is 20.1 Å².